The molecule has 1 aromatic carbocycles. The van der Waals surface area contributed by atoms with E-state index in [2.05, 4.69) is 13.8 Å². The van der Waals surface area contributed by atoms with Crippen LogP contribution in [0.15, 0.2) is 29.2 Å². The Labute approximate surface area is 126 Å². The van der Waals surface area contributed by atoms with Crippen molar-refractivity contribution in [2.45, 2.75) is 45.4 Å². The first-order valence-electron chi connectivity index (χ1n) is 6.78. The van der Waals surface area contributed by atoms with Gasteiger partial charge in [0.2, 0.25) is 0 Å². The highest BCUT2D eigenvalue weighted by Crippen LogP contribution is 2.30. The van der Waals surface area contributed by atoms with Crippen molar-refractivity contribution in [2.24, 2.45) is 11.3 Å². The molecule has 0 fully saturated rings. The Balaban J connectivity index is 2.86. The molecule has 1 rings (SSSR count). The zero-order valence-corrected chi connectivity index (χ0v) is 13.6. The minimum absolute atomic E-state index is 0.148. The van der Waals surface area contributed by atoms with E-state index in [4.69, 9.17) is 9.29 Å². The maximum atomic E-state index is 12.0. The third-order valence-electron chi connectivity index (χ3n) is 2.93. The van der Waals surface area contributed by atoms with Crippen LogP contribution in [0.4, 0.5) is 0 Å². The summed E-state index contributed by atoms with van der Waals surface area (Å²) in [5.74, 6) is -0.222. The van der Waals surface area contributed by atoms with Gasteiger partial charge < -0.3 is 4.74 Å². The van der Waals surface area contributed by atoms with E-state index in [1.54, 1.807) is 0 Å². The van der Waals surface area contributed by atoms with Gasteiger partial charge in [0.15, 0.2) is 5.75 Å². The fourth-order valence-electron chi connectivity index (χ4n) is 2.47. The van der Waals surface area contributed by atoms with Gasteiger partial charge in [0.25, 0.3) is 10.1 Å². The monoisotopic (exact) mass is 314 g/mol. The number of carbonyl (C=O) groups excluding carboxylic acids is 1. The lowest BCUT2D eigenvalue weighted by Gasteiger charge is -2.25. The highest BCUT2D eigenvalue weighted by Gasteiger charge is 2.26. The Morgan fingerprint density at radius 3 is 2.38 bits per heavy atom. The van der Waals surface area contributed by atoms with E-state index < -0.39 is 21.0 Å². The van der Waals surface area contributed by atoms with Gasteiger partial charge in [0, 0.05) is 0 Å². The molecule has 1 aromatic rings. The van der Waals surface area contributed by atoms with Gasteiger partial charge in [-0.05, 0) is 29.9 Å². The predicted molar refractivity (Wildman–Crippen MR) is 79.7 cm³/mol. The maximum absolute atomic E-state index is 12.0. The van der Waals surface area contributed by atoms with Crippen molar-refractivity contribution < 1.29 is 22.5 Å². The summed E-state index contributed by atoms with van der Waals surface area (Å²) in [4.78, 5) is 11.6. The third kappa shape index (κ3) is 5.85. The van der Waals surface area contributed by atoms with Crippen molar-refractivity contribution in [3.63, 3.8) is 0 Å². The van der Waals surface area contributed by atoms with Crippen molar-refractivity contribution in [1.29, 1.82) is 0 Å². The summed E-state index contributed by atoms with van der Waals surface area (Å²) >= 11 is 0. The summed E-state index contributed by atoms with van der Waals surface area (Å²) in [6.45, 7) is 8.06. The lowest BCUT2D eigenvalue weighted by molar-refractivity contribution is -0.136. The van der Waals surface area contributed by atoms with E-state index >= 15 is 0 Å². The average molecular weight is 314 g/mol. The Morgan fingerprint density at radius 1 is 1.29 bits per heavy atom. The van der Waals surface area contributed by atoms with E-state index in [1.807, 2.05) is 13.8 Å². The molecular weight excluding hydrogens is 292 g/mol. The molecule has 0 aromatic heterocycles. The summed E-state index contributed by atoms with van der Waals surface area (Å²) in [5, 5.41) is 0. The van der Waals surface area contributed by atoms with Crippen LogP contribution in [-0.2, 0) is 14.9 Å². The van der Waals surface area contributed by atoms with Crippen LogP contribution in [0, 0.1) is 11.3 Å². The van der Waals surface area contributed by atoms with Crippen LogP contribution in [0.1, 0.15) is 40.5 Å². The lowest BCUT2D eigenvalue weighted by Crippen LogP contribution is -2.22. The van der Waals surface area contributed by atoms with E-state index in [9.17, 15) is 13.2 Å². The molecule has 0 spiro atoms. The van der Waals surface area contributed by atoms with E-state index in [-0.39, 0.29) is 17.6 Å². The van der Waals surface area contributed by atoms with E-state index in [1.165, 1.54) is 24.3 Å². The lowest BCUT2D eigenvalue weighted by atomic mass is 9.81. The second-order valence-electron chi connectivity index (χ2n) is 6.33. The van der Waals surface area contributed by atoms with Gasteiger partial charge in [-0.3, -0.25) is 9.35 Å². The molecule has 0 aliphatic carbocycles. The van der Waals surface area contributed by atoms with Crippen LogP contribution in [0.3, 0.4) is 0 Å². The molecule has 21 heavy (non-hydrogen) atoms. The Hall–Kier alpha value is -1.40. The number of ether oxygens (including phenoxy) is 1. The minimum atomic E-state index is -4.42. The summed E-state index contributed by atoms with van der Waals surface area (Å²) < 4.78 is 36.7. The molecule has 0 saturated carbocycles. The molecule has 0 atom stereocenters. The fraction of sp³-hybridized carbons (Fsp3) is 0.533. The quantitative estimate of drug-likeness (QED) is 0.495. The molecule has 0 aliphatic heterocycles. The summed E-state index contributed by atoms with van der Waals surface area (Å²) in [7, 11) is -4.42. The highest BCUT2D eigenvalue weighted by atomic mass is 32.2. The molecular formula is C15H22O5S. The van der Waals surface area contributed by atoms with Crippen LogP contribution >= 0.6 is 0 Å². The number of benzene rings is 1. The second-order valence-corrected chi connectivity index (χ2v) is 7.72. The number of hydrogen-bond acceptors (Lipinski definition) is 4. The van der Waals surface area contributed by atoms with Crippen LogP contribution in [0.5, 0.6) is 5.75 Å². The average Bonchev–Trinajstić information content (AvgIpc) is 2.24. The molecule has 1 N–H and O–H groups in total. The van der Waals surface area contributed by atoms with Crippen LogP contribution in [0.25, 0.3) is 0 Å². The van der Waals surface area contributed by atoms with Crippen molar-refractivity contribution in [2.75, 3.05) is 0 Å². The van der Waals surface area contributed by atoms with Gasteiger partial charge >= 0.3 is 5.97 Å². The highest BCUT2D eigenvalue weighted by molar-refractivity contribution is 7.86. The maximum Gasteiger partial charge on any atom is 0.311 e. The number of esters is 1. The predicted octanol–water partition coefficient (Wildman–Crippen LogP) is 3.30. The van der Waals surface area contributed by atoms with E-state index in [0.717, 1.165) is 6.42 Å². The fourth-order valence-corrected chi connectivity index (χ4v) is 3.09. The van der Waals surface area contributed by atoms with Crippen LogP contribution in [0.2, 0.25) is 0 Å². The van der Waals surface area contributed by atoms with Gasteiger partial charge in [0.05, 0.1) is 6.42 Å². The zero-order chi connectivity index (χ0) is 16.3. The zero-order valence-electron chi connectivity index (χ0n) is 12.8. The minimum Gasteiger partial charge on any atom is -0.425 e. The SMILES string of the molecule is CC(C)CC(C)(C)CC(=O)Oc1ccccc1S(=O)(=O)O. The first-order chi connectivity index (χ1) is 9.51. The molecule has 0 aliphatic rings. The molecule has 5 nitrogen and oxygen atoms in total. The van der Waals surface area contributed by atoms with Gasteiger partial charge in [-0.25, -0.2) is 0 Å². The standard InChI is InChI=1S/C15H22O5S/c1-11(2)9-15(3,4)10-14(16)20-12-7-5-6-8-13(12)21(17,18)19/h5-8,11H,9-10H2,1-4H3,(H,17,18,19). The van der Waals surface area contributed by atoms with Crippen molar-refractivity contribution >= 4 is 16.1 Å². The molecule has 0 bridgehead atoms. The molecule has 118 valence electrons. The second kappa shape index (κ2) is 6.58. The van der Waals surface area contributed by atoms with Crippen molar-refractivity contribution in [1.82, 2.24) is 0 Å². The Kier molecular flexibility index (Phi) is 5.53. The number of para-hydroxylation sites is 1. The first kappa shape index (κ1) is 17.7. The molecule has 0 saturated heterocycles. The molecule has 6 heteroatoms. The van der Waals surface area contributed by atoms with Gasteiger partial charge in [0.1, 0.15) is 4.90 Å². The van der Waals surface area contributed by atoms with Crippen molar-refractivity contribution in [3.8, 4) is 5.75 Å². The number of hydrogen-bond donors (Lipinski definition) is 1. The summed E-state index contributed by atoms with van der Waals surface area (Å²) in [6, 6.07) is 5.52. The Bertz CT molecular complexity index is 602. The normalized spacial score (nSPS) is 12.5. The largest absolute Gasteiger partial charge is 0.425 e. The number of rotatable bonds is 6. The number of carbonyl (C=O) groups is 1. The van der Waals surface area contributed by atoms with E-state index in [0.29, 0.717) is 5.92 Å². The molecule has 0 radical (unpaired) electrons. The van der Waals surface area contributed by atoms with Gasteiger partial charge in [-0.15, -0.1) is 0 Å². The summed E-state index contributed by atoms with van der Waals surface area (Å²) in [5.41, 5.74) is -0.238. The van der Waals surface area contributed by atoms with Crippen molar-refractivity contribution in [3.05, 3.63) is 24.3 Å². The topological polar surface area (TPSA) is 80.7 Å². The molecule has 0 heterocycles. The van der Waals surface area contributed by atoms with Crippen LogP contribution in [-0.4, -0.2) is 18.9 Å². The smallest absolute Gasteiger partial charge is 0.311 e. The molecule has 0 unspecified atom stereocenters. The Morgan fingerprint density at radius 2 is 1.86 bits per heavy atom. The third-order valence-corrected chi connectivity index (χ3v) is 3.83. The molecule has 0 amide bonds. The van der Waals surface area contributed by atoms with Gasteiger partial charge in [-0.1, -0.05) is 39.8 Å². The van der Waals surface area contributed by atoms with Gasteiger partial charge in [-0.2, -0.15) is 8.42 Å². The van der Waals surface area contributed by atoms with Crippen LogP contribution < -0.4 is 4.74 Å². The summed E-state index contributed by atoms with van der Waals surface area (Å²) in [6.07, 6.45) is 1.02. The first-order valence-corrected chi connectivity index (χ1v) is 8.22.